The molecule has 0 spiro atoms. The third kappa shape index (κ3) is 2.27. The second kappa shape index (κ2) is 4.55. The van der Waals surface area contributed by atoms with Crippen molar-refractivity contribution < 1.29 is 0 Å². The van der Waals surface area contributed by atoms with Crippen molar-refractivity contribution in [3.8, 4) is 0 Å². The Kier molecular flexibility index (Phi) is 2.87. The van der Waals surface area contributed by atoms with E-state index in [2.05, 4.69) is 9.97 Å². The monoisotopic (exact) mass is 272 g/mol. The van der Waals surface area contributed by atoms with E-state index < -0.39 is 0 Å². The molecule has 0 amide bonds. The number of benzene rings is 1. The van der Waals surface area contributed by atoms with Crippen molar-refractivity contribution in [3.63, 3.8) is 0 Å². The van der Waals surface area contributed by atoms with Gasteiger partial charge in [-0.3, -0.25) is 4.98 Å². The Balaban J connectivity index is 2.09. The fraction of sp³-hybridized carbons (Fsp3) is 0.143. The summed E-state index contributed by atoms with van der Waals surface area (Å²) in [4.78, 5) is 8.81. The lowest BCUT2D eigenvalue weighted by atomic mass is 10.3. The molecule has 5 heteroatoms. The van der Waals surface area contributed by atoms with Gasteiger partial charge in [-0.1, -0.05) is 17.7 Å². The molecule has 3 rings (SSSR count). The molecule has 19 heavy (non-hydrogen) atoms. The molecule has 2 heterocycles. The smallest absolute Gasteiger partial charge is 0.201 e. The van der Waals surface area contributed by atoms with Gasteiger partial charge in [-0.25, -0.2) is 4.98 Å². The van der Waals surface area contributed by atoms with Gasteiger partial charge in [0.2, 0.25) is 5.95 Å². The number of aromatic nitrogens is 3. The van der Waals surface area contributed by atoms with Gasteiger partial charge in [-0.2, -0.15) is 0 Å². The van der Waals surface area contributed by atoms with Crippen LogP contribution in [0.4, 0.5) is 5.95 Å². The number of halogens is 1. The SMILES string of the molecule is Cc1cccc(Cn2c(N)nc3ccc(Cl)cc32)n1. The third-order valence-electron chi connectivity index (χ3n) is 3.01. The molecular formula is C14H13ClN4. The molecule has 0 aliphatic carbocycles. The fourth-order valence-electron chi connectivity index (χ4n) is 2.13. The van der Waals surface area contributed by atoms with Crippen LogP contribution in [0.15, 0.2) is 36.4 Å². The van der Waals surface area contributed by atoms with E-state index in [-0.39, 0.29) is 0 Å². The zero-order chi connectivity index (χ0) is 13.4. The minimum atomic E-state index is 0.473. The summed E-state index contributed by atoms with van der Waals surface area (Å²) in [5.74, 6) is 0.473. The molecule has 0 aliphatic heterocycles. The molecule has 0 saturated carbocycles. The first-order valence-electron chi connectivity index (χ1n) is 5.97. The van der Waals surface area contributed by atoms with Gasteiger partial charge in [-0.15, -0.1) is 0 Å². The number of hydrogen-bond acceptors (Lipinski definition) is 3. The van der Waals surface area contributed by atoms with Crippen molar-refractivity contribution in [2.75, 3.05) is 5.73 Å². The Labute approximate surface area is 115 Å². The summed E-state index contributed by atoms with van der Waals surface area (Å²) in [5, 5.41) is 0.672. The first-order chi connectivity index (χ1) is 9.13. The Morgan fingerprint density at radius 2 is 2.05 bits per heavy atom. The average Bonchev–Trinajstić information content (AvgIpc) is 2.66. The zero-order valence-corrected chi connectivity index (χ0v) is 11.2. The molecule has 0 atom stereocenters. The summed E-state index contributed by atoms with van der Waals surface area (Å²) in [6, 6.07) is 11.5. The number of pyridine rings is 1. The molecule has 2 N–H and O–H groups in total. The molecule has 96 valence electrons. The highest BCUT2D eigenvalue weighted by molar-refractivity contribution is 6.31. The number of aryl methyl sites for hydroxylation is 1. The average molecular weight is 273 g/mol. The highest BCUT2D eigenvalue weighted by Gasteiger charge is 2.09. The first kappa shape index (κ1) is 12.0. The van der Waals surface area contributed by atoms with Crippen molar-refractivity contribution in [3.05, 3.63) is 52.8 Å². The standard InChI is InChI=1S/C14H13ClN4/c1-9-3-2-4-11(17-9)8-19-13-7-10(15)5-6-12(13)18-14(19)16/h2-7H,8H2,1H3,(H2,16,18). The van der Waals surface area contributed by atoms with E-state index in [4.69, 9.17) is 17.3 Å². The van der Waals surface area contributed by atoms with E-state index in [1.54, 1.807) is 0 Å². The lowest BCUT2D eigenvalue weighted by Crippen LogP contribution is -2.06. The van der Waals surface area contributed by atoms with Crippen LogP contribution in [0, 0.1) is 6.92 Å². The molecular weight excluding hydrogens is 260 g/mol. The molecule has 0 bridgehead atoms. The number of anilines is 1. The lowest BCUT2D eigenvalue weighted by Gasteiger charge is -2.06. The van der Waals surface area contributed by atoms with Gasteiger partial charge in [0, 0.05) is 10.7 Å². The van der Waals surface area contributed by atoms with Crippen LogP contribution in [0.2, 0.25) is 5.02 Å². The predicted octanol–water partition coefficient (Wildman–Crippen LogP) is 3.02. The van der Waals surface area contributed by atoms with Crippen LogP contribution < -0.4 is 5.73 Å². The highest BCUT2D eigenvalue weighted by Crippen LogP contribution is 2.22. The normalized spacial score (nSPS) is 11.1. The van der Waals surface area contributed by atoms with Gasteiger partial charge in [0.15, 0.2) is 0 Å². The van der Waals surface area contributed by atoms with Gasteiger partial charge in [0.25, 0.3) is 0 Å². The van der Waals surface area contributed by atoms with E-state index in [1.807, 2.05) is 47.9 Å². The number of hydrogen-bond donors (Lipinski definition) is 1. The van der Waals surface area contributed by atoms with Gasteiger partial charge in [0.1, 0.15) is 0 Å². The van der Waals surface area contributed by atoms with Crippen LogP contribution in [-0.4, -0.2) is 14.5 Å². The van der Waals surface area contributed by atoms with Crippen molar-refractivity contribution >= 4 is 28.6 Å². The van der Waals surface area contributed by atoms with E-state index in [0.29, 0.717) is 17.5 Å². The molecule has 0 aliphatic rings. The minimum Gasteiger partial charge on any atom is -0.369 e. The molecule has 1 aromatic carbocycles. The lowest BCUT2D eigenvalue weighted by molar-refractivity contribution is 0.804. The second-order valence-corrected chi connectivity index (χ2v) is 4.90. The molecule has 4 nitrogen and oxygen atoms in total. The molecule has 0 fully saturated rings. The number of imidazole rings is 1. The number of nitrogens with two attached hydrogens (primary N) is 1. The number of rotatable bonds is 2. The van der Waals surface area contributed by atoms with Crippen molar-refractivity contribution in [2.45, 2.75) is 13.5 Å². The molecule has 0 unspecified atom stereocenters. The Bertz CT molecular complexity index is 748. The number of nitrogens with zero attached hydrogens (tertiary/aromatic N) is 3. The molecule has 0 saturated heterocycles. The maximum Gasteiger partial charge on any atom is 0.201 e. The Morgan fingerprint density at radius 1 is 1.21 bits per heavy atom. The van der Waals surface area contributed by atoms with Crippen molar-refractivity contribution in [1.82, 2.24) is 14.5 Å². The van der Waals surface area contributed by atoms with E-state index in [1.165, 1.54) is 0 Å². The van der Waals surface area contributed by atoms with Gasteiger partial charge < -0.3 is 10.3 Å². The summed E-state index contributed by atoms with van der Waals surface area (Å²) >= 11 is 6.03. The maximum atomic E-state index is 6.03. The Morgan fingerprint density at radius 3 is 2.84 bits per heavy atom. The van der Waals surface area contributed by atoms with E-state index in [0.717, 1.165) is 22.4 Å². The first-order valence-corrected chi connectivity index (χ1v) is 6.35. The van der Waals surface area contributed by atoms with Crippen LogP contribution in [-0.2, 0) is 6.54 Å². The van der Waals surface area contributed by atoms with Crippen LogP contribution in [0.3, 0.4) is 0 Å². The van der Waals surface area contributed by atoms with Gasteiger partial charge >= 0.3 is 0 Å². The predicted molar refractivity (Wildman–Crippen MR) is 77.2 cm³/mol. The summed E-state index contributed by atoms with van der Waals surface area (Å²) in [7, 11) is 0. The third-order valence-corrected chi connectivity index (χ3v) is 3.24. The van der Waals surface area contributed by atoms with Gasteiger partial charge in [-0.05, 0) is 37.3 Å². The summed E-state index contributed by atoms with van der Waals surface area (Å²) in [6.45, 7) is 2.56. The minimum absolute atomic E-state index is 0.473. The number of fused-ring (bicyclic) bond motifs is 1. The molecule has 0 radical (unpaired) electrons. The van der Waals surface area contributed by atoms with Gasteiger partial charge in [0.05, 0.1) is 23.3 Å². The molecule has 2 aromatic heterocycles. The zero-order valence-electron chi connectivity index (χ0n) is 10.5. The van der Waals surface area contributed by atoms with Crippen LogP contribution in [0.5, 0.6) is 0 Å². The van der Waals surface area contributed by atoms with Crippen molar-refractivity contribution in [1.29, 1.82) is 0 Å². The van der Waals surface area contributed by atoms with Crippen LogP contribution in [0.1, 0.15) is 11.4 Å². The quantitative estimate of drug-likeness (QED) is 0.780. The van der Waals surface area contributed by atoms with E-state index >= 15 is 0 Å². The van der Waals surface area contributed by atoms with E-state index in [9.17, 15) is 0 Å². The summed E-state index contributed by atoms with van der Waals surface area (Å²) in [6.07, 6.45) is 0. The largest absolute Gasteiger partial charge is 0.369 e. The summed E-state index contributed by atoms with van der Waals surface area (Å²) in [5.41, 5.74) is 9.67. The second-order valence-electron chi connectivity index (χ2n) is 4.46. The topological polar surface area (TPSA) is 56.7 Å². The van der Waals surface area contributed by atoms with Crippen LogP contribution in [0.25, 0.3) is 11.0 Å². The van der Waals surface area contributed by atoms with Crippen LogP contribution >= 0.6 is 11.6 Å². The summed E-state index contributed by atoms with van der Waals surface area (Å²) < 4.78 is 1.92. The maximum absolute atomic E-state index is 6.03. The Hall–Kier alpha value is -2.07. The highest BCUT2D eigenvalue weighted by atomic mass is 35.5. The van der Waals surface area contributed by atoms with Crippen molar-refractivity contribution in [2.24, 2.45) is 0 Å². The number of nitrogen functional groups attached to an aromatic ring is 1. The fourth-order valence-corrected chi connectivity index (χ4v) is 2.30. The molecule has 3 aromatic rings.